The van der Waals surface area contributed by atoms with Crippen molar-refractivity contribution in [3.63, 3.8) is 0 Å². The van der Waals surface area contributed by atoms with E-state index < -0.39 is 0 Å². The smallest absolute Gasteiger partial charge is 0.223 e. The Morgan fingerprint density at radius 2 is 1.96 bits per heavy atom. The molecule has 6 nitrogen and oxygen atoms in total. The summed E-state index contributed by atoms with van der Waals surface area (Å²) in [6.07, 6.45) is 5.53. The minimum absolute atomic E-state index is 0.574. The Morgan fingerprint density at radius 3 is 2.72 bits per heavy atom. The van der Waals surface area contributed by atoms with E-state index in [1.807, 2.05) is 38.5 Å². The molecule has 0 aliphatic carbocycles. The van der Waals surface area contributed by atoms with Gasteiger partial charge in [-0.25, -0.2) is 15.0 Å². The number of aryl methyl sites for hydroxylation is 2. The van der Waals surface area contributed by atoms with Gasteiger partial charge in [-0.05, 0) is 38.0 Å². The molecule has 0 aromatic carbocycles. The van der Waals surface area contributed by atoms with Crippen LogP contribution in [0.3, 0.4) is 0 Å². The normalized spacial score (nSPS) is 11.1. The highest BCUT2D eigenvalue weighted by atomic mass is 15.1. The van der Waals surface area contributed by atoms with Gasteiger partial charge in [0.2, 0.25) is 5.95 Å². The highest BCUT2D eigenvalue weighted by Gasteiger charge is 2.08. The lowest BCUT2D eigenvalue weighted by atomic mass is 10.1. The summed E-state index contributed by atoms with van der Waals surface area (Å²) in [5.41, 5.74) is 5.00. The van der Waals surface area contributed by atoms with Gasteiger partial charge in [-0.3, -0.25) is 4.98 Å². The van der Waals surface area contributed by atoms with Crippen LogP contribution in [0.5, 0.6) is 0 Å². The fraction of sp³-hybridized carbons (Fsp3) is 0.368. The summed E-state index contributed by atoms with van der Waals surface area (Å²) in [6.45, 7) is 9.98. The van der Waals surface area contributed by atoms with E-state index in [1.165, 1.54) is 0 Å². The third kappa shape index (κ3) is 4.21. The number of aromatic nitrogens is 5. The van der Waals surface area contributed by atoms with Gasteiger partial charge in [0, 0.05) is 35.9 Å². The van der Waals surface area contributed by atoms with Crippen LogP contribution < -0.4 is 5.32 Å². The van der Waals surface area contributed by atoms with Crippen molar-refractivity contribution >= 4 is 5.95 Å². The number of anilines is 1. The lowest BCUT2D eigenvalue weighted by molar-refractivity contribution is 0.511. The van der Waals surface area contributed by atoms with Crippen molar-refractivity contribution in [2.75, 3.05) is 5.32 Å². The molecule has 0 spiro atoms. The molecule has 0 aliphatic heterocycles. The van der Waals surface area contributed by atoms with Gasteiger partial charge in [0.1, 0.15) is 0 Å². The summed E-state index contributed by atoms with van der Waals surface area (Å²) < 4.78 is 2.16. The van der Waals surface area contributed by atoms with Crippen molar-refractivity contribution in [2.45, 2.75) is 40.8 Å². The van der Waals surface area contributed by atoms with Gasteiger partial charge < -0.3 is 9.88 Å². The number of rotatable bonds is 6. The molecule has 0 atom stereocenters. The summed E-state index contributed by atoms with van der Waals surface area (Å²) in [7, 11) is 0. The molecule has 25 heavy (non-hydrogen) atoms. The molecule has 130 valence electrons. The number of pyridine rings is 1. The zero-order valence-electron chi connectivity index (χ0n) is 15.2. The van der Waals surface area contributed by atoms with E-state index in [9.17, 15) is 0 Å². The maximum absolute atomic E-state index is 4.63. The first kappa shape index (κ1) is 17.1. The number of nitrogens with one attached hydrogen (secondary N) is 1. The van der Waals surface area contributed by atoms with Crippen LogP contribution in [0, 0.1) is 19.8 Å². The van der Waals surface area contributed by atoms with Gasteiger partial charge in [-0.1, -0.05) is 13.8 Å². The van der Waals surface area contributed by atoms with Crippen LogP contribution in [0.25, 0.3) is 11.3 Å². The van der Waals surface area contributed by atoms with Crippen LogP contribution in [-0.2, 0) is 13.1 Å². The van der Waals surface area contributed by atoms with Crippen LogP contribution in [0.2, 0.25) is 0 Å². The second-order valence-corrected chi connectivity index (χ2v) is 6.64. The van der Waals surface area contributed by atoms with Crippen molar-refractivity contribution in [3.05, 3.63) is 54.0 Å². The average molecular weight is 336 g/mol. The molecule has 0 saturated carbocycles. The molecule has 1 N–H and O–H groups in total. The second-order valence-electron chi connectivity index (χ2n) is 6.64. The minimum atomic E-state index is 0.574. The van der Waals surface area contributed by atoms with Crippen molar-refractivity contribution in [1.82, 2.24) is 24.5 Å². The molecule has 0 aliphatic rings. The molecule has 0 bridgehead atoms. The summed E-state index contributed by atoms with van der Waals surface area (Å²) in [5.74, 6) is 1.18. The van der Waals surface area contributed by atoms with E-state index in [0.29, 0.717) is 18.4 Å². The fourth-order valence-electron chi connectivity index (χ4n) is 2.77. The van der Waals surface area contributed by atoms with Gasteiger partial charge in [0.25, 0.3) is 0 Å². The lowest BCUT2D eigenvalue weighted by Crippen LogP contribution is -2.11. The quantitative estimate of drug-likeness (QED) is 0.744. The number of nitrogens with zero attached hydrogens (tertiary/aromatic N) is 5. The summed E-state index contributed by atoms with van der Waals surface area (Å²) in [6, 6.07) is 5.97. The third-order valence-corrected chi connectivity index (χ3v) is 3.94. The molecule has 0 saturated heterocycles. The van der Waals surface area contributed by atoms with Crippen LogP contribution in [0.15, 0.2) is 36.9 Å². The zero-order valence-corrected chi connectivity index (χ0v) is 15.2. The van der Waals surface area contributed by atoms with Gasteiger partial charge in [-0.15, -0.1) is 0 Å². The molecule has 3 heterocycles. The van der Waals surface area contributed by atoms with Crippen LogP contribution in [-0.4, -0.2) is 24.5 Å². The number of hydrogen-bond donors (Lipinski definition) is 1. The topological polar surface area (TPSA) is 68.5 Å². The molecule has 0 fully saturated rings. The van der Waals surface area contributed by atoms with Gasteiger partial charge in [0.05, 0.1) is 24.3 Å². The van der Waals surface area contributed by atoms with E-state index in [1.54, 1.807) is 6.20 Å². The highest BCUT2D eigenvalue weighted by molar-refractivity contribution is 5.62. The van der Waals surface area contributed by atoms with E-state index in [2.05, 4.69) is 49.7 Å². The molecular formula is C19H24N6. The Hall–Kier alpha value is -2.76. The maximum Gasteiger partial charge on any atom is 0.223 e. The summed E-state index contributed by atoms with van der Waals surface area (Å²) in [4.78, 5) is 17.7. The van der Waals surface area contributed by atoms with E-state index in [0.717, 1.165) is 34.9 Å². The third-order valence-electron chi connectivity index (χ3n) is 3.94. The van der Waals surface area contributed by atoms with E-state index in [-0.39, 0.29) is 0 Å². The molecule has 3 aromatic heterocycles. The first-order chi connectivity index (χ1) is 12.0. The molecule has 3 aromatic rings. The van der Waals surface area contributed by atoms with Gasteiger partial charge in [0.15, 0.2) is 0 Å². The average Bonchev–Trinajstić information content (AvgIpc) is 2.99. The summed E-state index contributed by atoms with van der Waals surface area (Å²) in [5, 5.41) is 3.30. The molecule has 0 unspecified atom stereocenters. The predicted molar refractivity (Wildman–Crippen MR) is 99.1 cm³/mol. The Morgan fingerprint density at radius 1 is 1.12 bits per heavy atom. The standard InChI is InChI=1S/C19H24N6/c1-13(2)11-25-12-20-9-16(25)10-22-19-21-8-7-18(24-19)17-6-5-14(3)23-15(17)4/h5-9,12-13H,10-11H2,1-4H3,(H,21,22,24). The lowest BCUT2D eigenvalue weighted by Gasteiger charge is -2.12. The Bertz CT molecular complexity index is 853. The Balaban J connectivity index is 1.75. The van der Waals surface area contributed by atoms with Crippen LogP contribution in [0.4, 0.5) is 5.95 Å². The van der Waals surface area contributed by atoms with Crippen molar-refractivity contribution in [3.8, 4) is 11.3 Å². The second kappa shape index (κ2) is 7.42. The molecule has 6 heteroatoms. The van der Waals surface area contributed by atoms with Gasteiger partial charge in [-0.2, -0.15) is 0 Å². The zero-order chi connectivity index (χ0) is 17.8. The minimum Gasteiger partial charge on any atom is -0.349 e. The number of hydrogen-bond acceptors (Lipinski definition) is 5. The monoisotopic (exact) mass is 336 g/mol. The van der Waals surface area contributed by atoms with E-state index in [4.69, 9.17) is 0 Å². The van der Waals surface area contributed by atoms with Crippen molar-refractivity contribution < 1.29 is 0 Å². The number of imidazole rings is 1. The molecule has 0 radical (unpaired) electrons. The SMILES string of the molecule is Cc1ccc(-c2ccnc(NCc3cncn3CC(C)C)n2)c(C)n1. The largest absolute Gasteiger partial charge is 0.349 e. The van der Waals surface area contributed by atoms with Crippen LogP contribution in [0.1, 0.15) is 30.9 Å². The van der Waals surface area contributed by atoms with E-state index >= 15 is 0 Å². The van der Waals surface area contributed by atoms with Crippen molar-refractivity contribution in [2.24, 2.45) is 5.92 Å². The Labute approximate surface area is 148 Å². The Kier molecular flexibility index (Phi) is 5.07. The highest BCUT2D eigenvalue weighted by Crippen LogP contribution is 2.21. The predicted octanol–water partition coefficient (Wildman–Crippen LogP) is 3.62. The fourth-order valence-corrected chi connectivity index (χ4v) is 2.77. The first-order valence-corrected chi connectivity index (χ1v) is 8.53. The van der Waals surface area contributed by atoms with Crippen LogP contribution >= 0.6 is 0 Å². The molecular weight excluding hydrogens is 312 g/mol. The molecule has 3 rings (SSSR count). The first-order valence-electron chi connectivity index (χ1n) is 8.53. The van der Waals surface area contributed by atoms with Gasteiger partial charge >= 0.3 is 0 Å². The van der Waals surface area contributed by atoms with Crippen molar-refractivity contribution in [1.29, 1.82) is 0 Å². The summed E-state index contributed by atoms with van der Waals surface area (Å²) >= 11 is 0. The molecule has 0 amide bonds. The maximum atomic E-state index is 4.63.